The van der Waals surface area contributed by atoms with E-state index in [9.17, 15) is 0 Å². The van der Waals surface area contributed by atoms with Gasteiger partial charge >= 0.3 is 0 Å². The zero-order valence-electron chi connectivity index (χ0n) is 36.7. The highest BCUT2D eigenvalue weighted by Gasteiger charge is 2.39. The predicted molar refractivity (Wildman–Crippen MR) is 258 cm³/mol. The Labute approximate surface area is 347 Å². The largest absolute Gasteiger partial charge is 0.243 e. The van der Waals surface area contributed by atoms with Gasteiger partial charge in [0.1, 0.15) is 0 Å². The van der Waals surface area contributed by atoms with Crippen LogP contribution in [0.5, 0.6) is 0 Å². The van der Waals surface area contributed by atoms with Crippen molar-refractivity contribution < 1.29 is 0 Å². The number of benzene rings is 8. The molecule has 0 saturated carbocycles. The van der Waals surface area contributed by atoms with Crippen molar-refractivity contribution in [2.45, 2.75) is 105 Å². The van der Waals surface area contributed by atoms with Crippen LogP contribution in [0, 0.1) is 0 Å². The van der Waals surface area contributed by atoms with E-state index < -0.39 is 0 Å². The molecule has 286 valence electrons. The second-order valence-electron chi connectivity index (χ2n) is 21.8. The van der Waals surface area contributed by atoms with Crippen molar-refractivity contribution in [1.82, 2.24) is 0 Å². The van der Waals surface area contributed by atoms with Crippen LogP contribution in [0.2, 0.25) is 0 Å². The summed E-state index contributed by atoms with van der Waals surface area (Å²) in [5.74, 6) is 0. The summed E-state index contributed by atoms with van der Waals surface area (Å²) >= 11 is 0. The minimum absolute atomic E-state index is 0.0583. The van der Waals surface area contributed by atoms with E-state index in [-0.39, 0.29) is 35.1 Å². The molecule has 0 unspecified atom stereocenters. The Hall–Kier alpha value is -5.07. The molecule has 0 aromatic heterocycles. The van der Waals surface area contributed by atoms with E-state index in [2.05, 4.69) is 204 Å². The first kappa shape index (κ1) is 37.2. The van der Waals surface area contributed by atoms with E-state index in [0.29, 0.717) is 0 Å². The summed E-state index contributed by atoms with van der Waals surface area (Å²) in [4.78, 5) is 0. The van der Waals surface area contributed by atoms with Crippen LogP contribution in [-0.4, -0.2) is 13.4 Å². The Morgan fingerprint density at radius 2 is 0.534 bits per heavy atom. The molecule has 8 aromatic rings. The van der Waals surface area contributed by atoms with Crippen LogP contribution in [0.4, 0.5) is 0 Å². The lowest BCUT2D eigenvalue weighted by Crippen LogP contribution is -2.50. The van der Waals surface area contributed by atoms with Gasteiger partial charge in [0, 0.05) is 0 Å². The third-order valence-corrected chi connectivity index (χ3v) is 13.8. The maximum Gasteiger partial charge on any atom is 0.243 e. The molecule has 0 atom stereocenters. The monoisotopic (exact) mass is 750 g/mol. The predicted octanol–water partition coefficient (Wildman–Crippen LogP) is 10.8. The summed E-state index contributed by atoms with van der Waals surface area (Å²) in [6.45, 7) is 28.4. The summed E-state index contributed by atoms with van der Waals surface area (Å²) in [5.41, 5.74) is 19.9. The molecule has 0 spiro atoms. The summed E-state index contributed by atoms with van der Waals surface area (Å²) in [6, 6.07) is 48.6. The molecule has 0 amide bonds. The molecular weight excluding hydrogens is 694 g/mol. The van der Waals surface area contributed by atoms with Crippen LogP contribution in [0.3, 0.4) is 0 Å². The van der Waals surface area contributed by atoms with Gasteiger partial charge in [-0.2, -0.15) is 0 Å². The topological polar surface area (TPSA) is 0 Å². The summed E-state index contributed by atoms with van der Waals surface area (Å²) in [5, 5.41) is 8.17. The van der Waals surface area contributed by atoms with Crippen molar-refractivity contribution in [3.63, 3.8) is 0 Å². The van der Waals surface area contributed by atoms with Crippen molar-refractivity contribution in [2.24, 2.45) is 0 Å². The van der Waals surface area contributed by atoms with E-state index in [4.69, 9.17) is 0 Å². The van der Waals surface area contributed by atoms with E-state index in [1.165, 1.54) is 110 Å². The van der Waals surface area contributed by atoms with E-state index in [1.807, 2.05) is 0 Å². The van der Waals surface area contributed by atoms with E-state index in [1.54, 1.807) is 0 Å². The molecule has 0 aliphatic carbocycles. The molecule has 8 aromatic carbocycles. The number of hydrogen-bond donors (Lipinski definition) is 0. The molecule has 0 fully saturated rings. The van der Waals surface area contributed by atoms with Crippen LogP contribution in [0.15, 0.2) is 121 Å². The normalized spacial score (nSPS) is 14.1. The van der Waals surface area contributed by atoms with E-state index >= 15 is 0 Å². The minimum Gasteiger partial charge on any atom is -0.0657 e. The highest BCUT2D eigenvalue weighted by molar-refractivity contribution is 7.01. The second-order valence-corrected chi connectivity index (χ2v) is 21.8. The first-order chi connectivity index (χ1) is 27.3. The first-order valence-corrected chi connectivity index (χ1v) is 21.6. The summed E-state index contributed by atoms with van der Waals surface area (Å²) < 4.78 is 0. The average molecular weight is 751 g/mol. The van der Waals surface area contributed by atoms with Crippen LogP contribution in [-0.2, 0) is 21.7 Å². The number of rotatable bonds is 2. The molecular formula is C56H56B2. The summed E-state index contributed by atoms with van der Waals surface area (Å²) in [6.07, 6.45) is 0. The number of hydrogen-bond acceptors (Lipinski definition) is 0. The maximum atomic E-state index is 2.53. The second kappa shape index (κ2) is 12.2. The smallest absolute Gasteiger partial charge is 0.0657 e. The van der Waals surface area contributed by atoms with Gasteiger partial charge in [-0.1, -0.05) is 237 Å². The van der Waals surface area contributed by atoms with Gasteiger partial charge in [0.15, 0.2) is 0 Å². The Balaban J connectivity index is 1.24. The third-order valence-electron chi connectivity index (χ3n) is 13.8. The molecule has 2 heteroatoms. The Kier molecular flexibility index (Phi) is 7.85. The van der Waals surface area contributed by atoms with Gasteiger partial charge in [-0.25, -0.2) is 0 Å². The Bertz CT molecular complexity index is 2650. The molecule has 0 saturated heterocycles. The van der Waals surface area contributed by atoms with Crippen molar-refractivity contribution in [2.75, 3.05) is 0 Å². The zero-order valence-corrected chi connectivity index (χ0v) is 36.7. The first-order valence-electron chi connectivity index (χ1n) is 21.6. The van der Waals surface area contributed by atoms with Crippen molar-refractivity contribution >= 4 is 78.5 Å². The van der Waals surface area contributed by atoms with Crippen LogP contribution in [0.25, 0.3) is 54.6 Å². The fourth-order valence-electron chi connectivity index (χ4n) is 10.4. The quantitative estimate of drug-likeness (QED) is 0.122. The zero-order chi connectivity index (χ0) is 40.8. The lowest BCUT2D eigenvalue weighted by atomic mass is 9.37. The molecule has 58 heavy (non-hydrogen) atoms. The fraction of sp³-hybridized carbons (Fsp3) is 0.286. The molecule has 0 radical (unpaired) electrons. The van der Waals surface area contributed by atoms with Crippen molar-refractivity contribution in [3.05, 3.63) is 144 Å². The van der Waals surface area contributed by atoms with Gasteiger partial charge in [0.05, 0.1) is 0 Å². The fourth-order valence-corrected chi connectivity index (χ4v) is 10.4. The highest BCUT2D eigenvalue weighted by Crippen LogP contribution is 2.38. The van der Waals surface area contributed by atoms with Gasteiger partial charge < -0.3 is 0 Å². The van der Waals surface area contributed by atoms with Gasteiger partial charge in [-0.15, -0.1) is 0 Å². The Morgan fingerprint density at radius 1 is 0.276 bits per heavy atom. The van der Waals surface area contributed by atoms with Gasteiger partial charge in [0.2, 0.25) is 13.4 Å². The maximum absolute atomic E-state index is 2.53. The lowest BCUT2D eigenvalue weighted by Gasteiger charge is -2.24. The molecule has 0 nitrogen and oxygen atoms in total. The molecule has 10 rings (SSSR count). The van der Waals surface area contributed by atoms with Gasteiger partial charge in [-0.05, 0) is 98.5 Å². The molecule has 2 aliphatic rings. The third kappa shape index (κ3) is 5.57. The molecule has 2 aliphatic heterocycles. The lowest BCUT2D eigenvalue weighted by molar-refractivity contribution is 0.590. The molecule has 0 bridgehead atoms. The Morgan fingerprint density at radius 3 is 0.793 bits per heavy atom. The number of fused-ring (bicyclic) bond motifs is 6. The molecule has 2 heterocycles. The van der Waals surface area contributed by atoms with Gasteiger partial charge in [-0.3, -0.25) is 0 Å². The van der Waals surface area contributed by atoms with Gasteiger partial charge in [0.25, 0.3) is 0 Å². The summed E-state index contributed by atoms with van der Waals surface area (Å²) in [7, 11) is 0. The molecule has 0 N–H and O–H groups in total. The van der Waals surface area contributed by atoms with E-state index in [0.717, 1.165) is 0 Å². The van der Waals surface area contributed by atoms with Crippen LogP contribution >= 0.6 is 0 Å². The van der Waals surface area contributed by atoms with Crippen molar-refractivity contribution in [1.29, 1.82) is 0 Å². The van der Waals surface area contributed by atoms with Crippen molar-refractivity contribution in [3.8, 4) is 22.3 Å². The minimum atomic E-state index is 0.0583. The highest BCUT2D eigenvalue weighted by atomic mass is 14.3. The standard InChI is InChI=1S/C56H56B2/c1-53(2,3)35-17-23-39-40-24-18-36(54(4,5)6)30-48(40)57(47(39)29-35)45-27-15-33-14-22-44-46(28-16-34-13-21-43(45)51(33)52(34)44)58-49-31-37(55(7,8)9)19-25-41(49)42-26-20-38(32-50(42)58)56(10,11)12/h13-32H,1-12H3. The SMILES string of the molecule is CC(C)(C)c1ccc2c(c1)B(c1ccc3ccc4c(B5c6cc(C(C)(C)C)ccc6-c6ccc(C(C)(C)C)cc65)ccc5ccc1c3c54)c1cc(C(C)(C)C)ccc1-2. The van der Waals surface area contributed by atoms with Crippen LogP contribution in [0.1, 0.15) is 105 Å². The van der Waals surface area contributed by atoms with Crippen LogP contribution < -0.4 is 32.8 Å². The average Bonchev–Trinajstić information content (AvgIpc) is 3.66.